The number of amides is 1. The van der Waals surface area contributed by atoms with E-state index in [0.717, 1.165) is 10.0 Å². The highest BCUT2D eigenvalue weighted by atomic mass is 79.9. The first-order chi connectivity index (χ1) is 15.4. The fraction of sp³-hybridized carbons (Fsp3) is 0.208. The van der Waals surface area contributed by atoms with Gasteiger partial charge in [-0.05, 0) is 43.7 Å². The van der Waals surface area contributed by atoms with E-state index in [2.05, 4.69) is 32.6 Å². The third-order valence-electron chi connectivity index (χ3n) is 4.75. The van der Waals surface area contributed by atoms with Crippen LogP contribution in [-0.4, -0.2) is 24.2 Å². The number of hydrogen-bond donors (Lipinski definition) is 2. The minimum Gasteiger partial charge on any atom is -0.463 e. The van der Waals surface area contributed by atoms with Gasteiger partial charge in [-0.25, -0.2) is 4.79 Å². The third-order valence-corrected chi connectivity index (χ3v) is 6.30. The second-order valence-corrected chi connectivity index (χ2v) is 8.83. The van der Waals surface area contributed by atoms with E-state index < -0.39 is 11.9 Å². The normalized spacial score (nSPS) is 15.6. The number of allylic oxidation sites excluding steroid dienone is 2. The largest absolute Gasteiger partial charge is 0.463 e. The summed E-state index contributed by atoms with van der Waals surface area (Å²) in [7, 11) is 0. The maximum atomic E-state index is 12.7. The molecule has 0 saturated carbocycles. The molecule has 0 aromatic heterocycles. The van der Waals surface area contributed by atoms with Crippen molar-refractivity contribution in [2.45, 2.75) is 19.8 Å². The number of dihydropyridines is 1. The van der Waals surface area contributed by atoms with Gasteiger partial charge in [-0.1, -0.05) is 58.0 Å². The number of ether oxygens (including phenoxy) is 1. The Morgan fingerprint density at radius 2 is 1.88 bits per heavy atom. The Labute approximate surface area is 199 Å². The standard InChI is InChI=1S/C24H22BrN3O3S/c1-3-31-24(30)21-15(2)27-23(19(13-26)22(21)16-7-5-4-6-8-16)32-14-20(29)28-18-11-9-17(25)10-12-18/h4-12,22,27H,3,14H2,1-2H3,(H,28,29). The Kier molecular flexibility index (Phi) is 8.14. The fourth-order valence-corrected chi connectivity index (χ4v) is 4.51. The molecule has 3 rings (SSSR count). The fourth-order valence-electron chi connectivity index (χ4n) is 3.35. The van der Waals surface area contributed by atoms with Gasteiger partial charge < -0.3 is 15.4 Å². The lowest BCUT2D eigenvalue weighted by molar-refractivity contribution is -0.138. The summed E-state index contributed by atoms with van der Waals surface area (Å²) >= 11 is 4.59. The van der Waals surface area contributed by atoms with Gasteiger partial charge in [0, 0.05) is 15.9 Å². The van der Waals surface area contributed by atoms with Crippen molar-refractivity contribution in [1.82, 2.24) is 5.32 Å². The number of hydrogen-bond acceptors (Lipinski definition) is 6. The van der Waals surface area contributed by atoms with Crippen LogP contribution in [0, 0.1) is 11.3 Å². The van der Waals surface area contributed by atoms with Crippen molar-refractivity contribution in [2.24, 2.45) is 0 Å². The molecule has 1 atom stereocenters. The topological polar surface area (TPSA) is 91.2 Å². The zero-order valence-electron chi connectivity index (χ0n) is 17.6. The lowest BCUT2D eigenvalue weighted by atomic mass is 9.82. The molecule has 0 saturated heterocycles. The van der Waals surface area contributed by atoms with Gasteiger partial charge in [-0.3, -0.25) is 4.79 Å². The Morgan fingerprint density at radius 3 is 2.50 bits per heavy atom. The van der Waals surface area contributed by atoms with Crippen molar-refractivity contribution < 1.29 is 14.3 Å². The monoisotopic (exact) mass is 511 g/mol. The van der Waals surface area contributed by atoms with Crippen LogP contribution in [-0.2, 0) is 14.3 Å². The van der Waals surface area contributed by atoms with Crippen LogP contribution in [0.5, 0.6) is 0 Å². The number of anilines is 1. The Bertz CT molecular complexity index is 1110. The van der Waals surface area contributed by atoms with Gasteiger partial charge in [-0.2, -0.15) is 5.26 Å². The molecule has 1 aliphatic heterocycles. The van der Waals surface area contributed by atoms with Crippen molar-refractivity contribution in [1.29, 1.82) is 5.26 Å². The van der Waals surface area contributed by atoms with Crippen molar-refractivity contribution in [2.75, 3.05) is 17.7 Å². The summed E-state index contributed by atoms with van der Waals surface area (Å²) in [4.78, 5) is 25.2. The average molecular weight is 512 g/mol. The van der Waals surface area contributed by atoms with Crippen LogP contribution < -0.4 is 10.6 Å². The predicted molar refractivity (Wildman–Crippen MR) is 130 cm³/mol. The lowest BCUT2D eigenvalue weighted by Gasteiger charge is -2.29. The highest BCUT2D eigenvalue weighted by Crippen LogP contribution is 2.40. The molecule has 2 aromatic rings. The summed E-state index contributed by atoms with van der Waals surface area (Å²) in [6, 6.07) is 18.9. The Morgan fingerprint density at radius 1 is 1.19 bits per heavy atom. The van der Waals surface area contributed by atoms with Crippen LogP contribution in [0.15, 0.2) is 80.9 Å². The first kappa shape index (κ1) is 23.6. The molecule has 6 nitrogen and oxygen atoms in total. The molecule has 0 bridgehead atoms. The second kappa shape index (κ2) is 11.0. The molecule has 0 spiro atoms. The lowest BCUT2D eigenvalue weighted by Crippen LogP contribution is -2.29. The summed E-state index contributed by atoms with van der Waals surface area (Å²) in [6.07, 6.45) is 0. The number of nitriles is 1. The van der Waals surface area contributed by atoms with Crippen LogP contribution >= 0.6 is 27.7 Å². The zero-order valence-corrected chi connectivity index (χ0v) is 20.0. The van der Waals surface area contributed by atoms with E-state index in [0.29, 0.717) is 27.6 Å². The van der Waals surface area contributed by atoms with Gasteiger partial charge in [0.25, 0.3) is 0 Å². The summed E-state index contributed by atoms with van der Waals surface area (Å²) in [5.74, 6) is -1.12. The number of halogens is 1. The maximum Gasteiger partial charge on any atom is 0.336 e. The van der Waals surface area contributed by atoms with Gasteiger partial charge in [0.1, 0.15) is 0 Å². The van der Waals surface area contributed by atoms with E-state index in [1.165, 1.54) is 11.8 Å². The van der Waals surface area contributed by atoms with E-state index in [1.54, 1.807) is 26.0 Å². The highest BCUT2D eigenvalue weighted by Gasteiger charge is 2.35. The van der Waals surface area contributed by atoms with Gasteiger partial charge in [0.2, 0.25) is 5.91 Å². The van der Waals surface area contributed by atoms with E-state index in [-0.39, 0.29) is 18.3 Å². The molecule has 164 valence electrons. The van der Waals surface area contributed by atoms with E-state index in [1.807, 2.05) is 42.5 Å². The average Bonchev–Trinajstić information content (AvgIpc) is 2.79. The number of rotatable bonds is 7. The highest BCUT2D eigenvalue weighted by molar-refractivity contribution is 9.10. The molecular formula is C24H22BrN3O3S. The molecule has 0 fully saturated rings. The quantitative estimate of drug-likeness (QED) is 0.503. The number of thioether (sulfide) groups is 1. The van der Waals surface area contributed by atoms with Crippen molar-refractivity contribution >= 4 is 45.3 Å². The van der Waals surface area contributed by atoms with Crippen LogP contribution in [0.25, 0.3) is 0 Å². The smallest absolute Gasteiger partial charge is 0.336 e. The maximum absolute atomic E-state index is 12.7. The number of benzene rings is 2. The molecule has 8 heteroatoms. The zero-order chi connectivity index (χ0) is 23.1. The second-order valence-electron chi connectivity index (χ2n) is 6.93. The molecule has 1 unspecified atom stereocenters. The first-order valence-corrected chi connectivity index (χ1v) is 11.7. The van der Waals surface area contributed by atoms with Gasteiger partial charge in [0.05, 0.1) is 40.5 Å². The molecule has 2 N–H and O–H groups in total. The van der Waals surface area contributed by atoms with Crippen LogP contribution in [0.1, 0.15) is 25.3 Å². The molecular weight excluding hydrogens is 490 g/mol. The molecule has 32 heavy (non-hydrogen) atoms. The third kappa shape index (κ3) is 5.61. The van der Waals surface area contributed by atoms with Gasteiger partial charge >= 0.3 is 5.97 Å². The van der Waals surface area contributed by atoms with Crippen LogP contribution in [0.4, 0.5) is 5.69 Å². The minimum atomic E-state index is -0.571. The van der Waals surface area contributed by atoms with E-state index in [4.69, 9.17) is 4.74 Å². The predicted octanol–water partition coefficient (Wildman–Crippen LogP) is 5.08. The Hall–Kier alpha value is -3.02. The summed E-state index contributed by atoms with van der Waals surface area (Å²) in [5.41, 5.74) is 2.88. The summed E-state index contributed by atoms with van der Waals surface area (Å²) < 4.78 is 6.18. The van der Waals surface area contributed by atoms with Gasteiger partial charge in [-0.15, -0.1) is 0 Å². The number of esters is 1. The van der Waals surface area contributed by atoms with Crippen LogP contribution in [0.2, 0.25) is 0 Å². The molecule has 1 aliphatic rings. The van der Waals surface area contributed by atoms with Crippen LogP contribution in [0.3, 0.4) is 0 Å². The number of carbonyl (C=O) groups is 2. The van der Waals surface area contributed by atoms with E-state index >= 15 is 0 Å². The molecule has 1 heterocycles. The van der Waals surface area contributed by atoms with E-state index in [9.17, 15) is 14.9 Å². The summed E-state index contributed by atoms with van der Waals surface area (Å²) in [5, 5.41) is 16.5. The summed E-state index contributed by atoms with van der Waals surface area (Å²) in [6.45, 7) is 3.76. The number of nitrogens with zero attached hydrogens (tertiary/aromatic N) is 1. The Balaban J connectivity index is 1.86. The minimum absolute atomic E-state index is 0.104. The molecule has 0 aliphatic carbocycles. The SMILES string of the molecule is CCOC(=O)C1=C(C)NC(SCC(=O)Nc2ccc(Br)cc2)=C(C#N)C1c1ccccc1. The number of carbonyl (C=O) groups excluding carboxylic acids is 2. The molecule has 2 aromatic carbocycles. The van der Waals surface area contributed by atoms with Crippen molar-refractivity contribution in [3.05, 3.63) is 86.5 Å². The van der Waals surface area contributed by atoms with Crippen molar-refractivity contribution in [3.8, 4) is 6.07 Å². The van der Waals surface area contributed by atoms with Gasteiger partial charge in [0.15, 0.2) is 0 Å². The number of nitrogens with one attached hydrogen (secondary N) is 2. The molecule has 1 amide bonds. The first-order valence-electron chi connectivity index (χ1n) is 9.97. The molecule has 0 radical (unpaired) electrons. The van der Waals surface area contributed by atoms with Crippen molar-refractivity contribution in [3.63, 3.8) is 0 Å².